The van der Waals surface area contributed by atoms with Crippen molar-refractivity contribution in [1.82, 2.24) is 4.90 Å². The van der Waals surface area contributed by atoms with Crippen LogP contribution in [-0.4, -0.2) is 54.9 Å². The molecule has 1 amide bonds. The van der Waals surface area contributed by atoms with Gasteiger partial charge in [0, 0.05) is 18.7 Å². The summed E-state index contributed by atoms with van der Waals surface area (Å²) in [5.41, 5.74) is -0.463. The van der Waals surface area contributed by atoms with Crippen molar-refractivity contribution in [3.05, 3.63) is 0 Å². The highest BCUT2D eigenvalue weighted by molar-refractivity contribution is 7.90. The van der Waals surface area contributed by atoms with Crippen LogP contribution in [0.5, 0.6) is 0 Å². The van der Waals surface area contributed by atoms with Crippen molar-refractivity contribution < 1.29 is 23.1 Å². The monoisotopic (exact) mass is 305 g/mol. The molecule has 0 aliphatic heterocycles. The molecule has 1 aliphatic carbocycles. The molecule has 1 N–H and O–H groups in total. The number of carbonyl (C=O) groups excluding carboxylic acids is 1. The number of aliphatic carboxylic acids is 1. The van der Waals surface area contributed by atoms with Crippen molar-refractivity contribution in [2.75, 3.05) is 18.6 Å². The first-order valence-corrected chi connectivity index (χ1v) is 8.83. The van der Waals surface area contributed by atoms with Crippen molar-refractivity contribution in [2.24, 2.45) is 5.41 Å². The molecule has 20 heavy (non-hydrogen) atoms. The summed E-state index contributed by atoms with van der Waals surface area (Å²) in [6, 6.07) is -0.160. The Balaban J connectivity index is 2.74. The lowest BCUT2D eigenvalue weighted by Gasteiger charge is -2.28. The SMILES string of the molecule is CCC(C)N(CC(=O)O)C(=O)CC1(CS(C)(=O)=O)CC1. The fourth-order valence-corrected chi connectivity index (χ4v) is 3.89. The normalized spacial score (nSPS) is 18.4. The summed E-state index contributed by atoms with van der Waals surface area (Å²) in [5.74, 6) is -1.30. The molecule has 1 aliphatic rings. The van der Waals surface area contributed by atoms with Gasteiger partial charge in [0.1, 0.15) is 16.4 Å². The molecule has 1 saturated carbocycles. The van der Waals surface area contributed by atoms with E-state index >= 15 is 0 Å². The number of carboxylic acids is 1. The van der Waals surface area contributed by atoms with E-state index < -0.39 is 21.2 Å². The van der Waals surface area contributed by atoms with Crippen LogP contribution in [0, 0.1) is 5.41 Å². The quantitative estimate of drug-likeness (QED) is 0.719. The Labute approximate surface area is 120 Å². The highest BCUT2D eigenvalue weighted by atomic mass is 32.2. The minimum absolute atomic E-state index is 0.00710. The van der Waals surface area contributed by atoms with Gasteiger partial charge in [-0.2, -0.15) is 0 Å². The lowest BCUT2D eigenvalue weighted by atomic mass is 10.0. The third-order valence-electron chi connectivity index (χ3n) is 3.80. The number of hydrogen-bond acceptors (Lipinski definition) is 4. The van der Waals surface area contributed by atoms with Gasteiger partial charge >= 0.3 is 5.97 Å². The molecule has 1 atom stereocenters. The van der Waals surface area contributed by atoms with Crippen LogP contribution in [-0.2, 0) is 19.4 Å². The third-order valence-corrected chi connectivity index (χ3v) is 4.94. The second kappa shape index (κ2) is 6.11. The first-order chi connectivity index (χ1) is 9.08. The van der Waals surface area contributed by atoms with Crippen LogP contribution in [0.3, 0.4) is 0 Å². The van der Waals surface area contributed by atoms with Crippen LogP contribution in [0.15, 0.2) is 0 Å². The fourth-order valence-electron chi connectivity index (χ4n) is 2.38. The Morgan fingerprint density at radius 1 is 1.35 bits per heavy atom. The zero-order valence-corrected chi connectivity index (χ0v) is 13.1. The van der Waals surface area contributed by atoms with Crippen LogP contribution in [0.25, 0.3) is 0 Å². The number of carboxylic acid groups (broad SMARTS) is 1. The van der Waals surface area contributed by atoms with E-state index in [0.29, 0.717) is 19.3 Å². The van der Waals surface area contributed by atoms with Gasteiger partial charge in [0.2, 0.25) is 5.91 Å². The number of sulfone groups is 1. The first-order valence-electron chi connectivity index (χ1n) is 6.77. The molecule has 0 spiro atoms. The molecule has 0 bridgehead atoms. The van der Waals surface area contributed by atoms with Crippen LogP contribution in [0.4, 0.5) is 0 Å². The van der Waals surface area contributed by atoms with E-state index in [9.17, 15) is 18.0 Å². The van der Waals surface area contributed by atoms with Gasteiger partial charge in [-0.3, -0.25) is 9.59 Å². The van der Waals surface area contributed by atoms with Crippen molar-refractivity contribution in [3.8, 4) is 0 Å². The number of hydrogen-bond donors (Lipinski definition) is 1. The fraction of sp³-hybridized carbons (Fsp3) is 0.846. The van der Waals surface area contributed by atoms with E-state index in [2.05, 4.69) is 0 Å². The van der Waals surface area contributed by atoms with E-state index in [1.165, 1.54) is 11.2 Å². The van der Waals surface area contributed by atoms with Crippen LogP contribution < -0.4 is 0 Å². The zero-order valence-electron chi connectivity index (χ0n) is 12.3. The van der Waals surface area contributed by atoms with E-state index in [1.807, 2.05) is 6.92 Å². The van der Waals surface area contributed by atoms with E-state index in [0.717, 1.165) is 0 Å². The molecular formula is C13H23NO5S. The van der Waals surface area contributed by atoms with Gasteiger partial charge in [-0.25, -0.2) is 8.42 Å². The average molecular weight is 305 g/mol. The second-order valence-corrected chi connectivity index (χ2v) is 8.06. The lowest BCUT2D eigenvalue weighted by molar-refractivity contribution is -0.146. The molecule has 1 fully saturated rings. The standard InChI is InChI=1S/C13H23NO5S/c1-4-10(2)14(8-12(16)17)11(15)7-13(5-6-13)9-20(3,18)19/h10H,4-9H2,1-3H3,(H,16,17). The predicted molar refractivity (Wildman–Crippen MR) is 75.1 cm³/mol. The maximum absolute atomic E-state index is 12.3. The molecule has 0 aromatic rings. The molecule has 0 aromatic heterocycles. The molecule has 7 heteroatoms. The summed E-state index contributed by atoms with van der Waals surface area (Å²) in [6.45, 7) is 3.36. The van der Waals surface area contributed by atoms with Gasteiger partial charge in [0.05, 0.1) is 5.75 Å². The highest BCUT2D eigenvalue weighted by Gasteiger charge is 2.47. The number of rotatable bonds is 8. The topological polar surface area (TPSA) is 91.8 Å². The molecule has 0 aromatic carbocycles. The van der Waals surface area contributed by atoms with Crippen molar-refractivity contribution in [2.45, 2.75) is 45.6 Å². The van der Waals surface area contributed by atoms with Crippen molar-refractivity contribution in [1.29, 1.82) is 0 Å². The molecular weight excluding hydrogens is 282 g/mol. The first kappa shape index (κ1) is 16.9. The zero-order chi connectivity index (χ0) is 15.6. The Kier molecular flexibility index (Phi) is 5.18. The largest absolute Gasteiger partial charge is 0.480 e. The summed E-state index contributed by atoms with van der Waals surface area (Å²) < 4.78 is 22.8. The Morgan fingerprint density at radius 3 is 2.25 bits per heavy atom. The summed E-state index contributed by atoms with van der Waals surface area (Å²) in [4.78, 5) is 24.5. The molecule has 0 saturated heterocycles. The van der Waals surface area contributed by atoms with Gasteiger partial charge in [-0.15, -0.1) is 0 Å². The maximum atomic E-state index is 12.3. The Hall–Kier alpha value is -1.11. The van der Waals surface area contributed by atoms with Crippen molar-refractivity contribution >= 4 is 21.7 Å². The molecule has 1 rings (SSSR count). The summed E-state index contributed by atoms with van der Waals surface area (Å²) in [7, 11) is -3.13. The van der Waals surface area contributed by atoms with E-state index in [-0.39, 0.29) is 30.7 Å². The second-order valence-electron chi connectivity index (χ2n) is 5.92. The summed E-state index contributed by atoms with van der Waals surface area (Å²) in [6.07, 6.45) is 3.39. The van der Waals surface area contributed by atoms with Gasteiger partial charge in [0.25, 0.3) is 0 Å². The average Bonchev–Trinajstić information content (AvgIpc) is 3.01. The number of nitrogens with zero attached hydrogens (tertiary/aromatic N) is 1. The molecule has 1 unspecified atom stereocenters. The number of amides is 1. The van der Waals surface area contributed by atoms with Gasteiger partial charge in [-0.05, 0) is 31.6 Å². The molecule has 0 heterocycles. The summed E-state index contributed by atoms with van der Waals surface area (Å²) in [5, 5.41) is 8.89. The third kappa shape index (κ3) is 5.11. The lowest BCUT2D eigenvalue weighted by Crippen LogP contribution is -2.43. The van der Waals surface area contributed by atoms with Gasteiger partial charge in [0.15, 0.2) is 0 Å². The van der Waals surface area contributed by atoms with Crippen LogP contribution in [0.2, 0.25) is 0 Å². The molecule has 6 nitrogen and oxygen atoms in total. The van der Waals surface area contributed by atoms with Gasteiger partial charge < -0.3 is 10.0 Å². The van der Waals surface area contributed by atoms with Gasteiger partial charge in [-0.1, -0.05) is 6.92 Å². The number of carbonyl (C=O) groups is 2. The Morgan fingerprint density at radius 2 is 1.90 bits per heavy atom. The van der Waals surface area contributed by atoms with E-state index in [1.54, 1.807) is 6.92 Å². The van der Waals surface area contributed by atoms with Crippen LogP contribution in [0.1, 0.15) is 39.5 Å². The van der Waals surface area contributed by atoms with Crippen LogP contribution >= 0.6 is 0 Å². The summed E-state index contributed by atoms with van der Waals surface area (Å²) >= 11 is 0. The highest BCUT2D eigenvalue weighted by Crippen LogP contribution is 2.50. The maximum Gasteiger partial charge on any atom is 0.323 e. The predicted octanol–water partition coefficient (Wildman–Crippen LogP) is 0.913. The Bertz CT molecular complexity index is 481. The minimum atomic E-state index is -3.13. The van der Waals surface area contributed by atoms with Crippen molar-refractivity contribution in [3.63, 3.8) is 0 Å². The molecule has 116 valence electrons. The minimum Gasteiger partial charge on any atom is -0.480 e. The van der Waals surface area contributed by atoms with E-state index in [4.69, 9.17) is 5.11 Å². The smallest absolute Gasteiger partial charge is 0.323 e. The molecule has 0 radical (unpaired) electrons.